The van der Waals surface area contributed by atoms with E-state index in [0.29, 0.717) is 13.1 Å². The van der Waals surface area contributed by atoms with E-state index < -0.39 is 0 Å². The number of H-pyrrole nitrogens is 1. The van der Waals surface area contributed by atoms with Crippen molar-refractivity contribution in [3.05, 3.63) is 18.2 Å². The van der Waals surface area contributed by atoms with Gasteiger partial charge in [-0.2, -0.15) is 0 Å². The first kappa shape index (κ1) is 11.7. The van der Waals surface area contributed by atoms with Crippen molar-refractivity contribution in [2.75, 3.05) is 19.6 Å². The van der Waals surface area contributed by atoms with E-state index in [1.54, 1.807) is 12.4 Å². The summed E-state index contributed by atoms with van der Waals surface area (Å²) in [6, 6.07) is 0. The van der Waals surface area contributed by atoms with E-state index in [0.717, 1.165) is 25.2 Å². The van der Waals surface area contributed by atoms with Crippen LogP contribution in [0, 0.1) is 0 Å². The second-order valence-electron chi connectivity index (χ2n) is 3.27. The Morgan fingerprint density at radius 3 is 3.13 bits per heavy atom. The number of likely N-dealkylation sites (N-methyl/N-ethyl adjacent to an activating group) is 1. The molecule has 5 nitrogen and oxygen atoms in total. The highest BCUT2D eigenvalue weighted by Gasteiger charge is 1.99. The fourth-order valence-corrected chi connectivity index (χ4v) is 1.22. The average Bonchev–Trinajstić information content (AvgIpc) is 2.74. The van der Waals surface area contributed by atoms with E-state index in [4.69, 9.17) is 0 Å². The van der Waals surface area contributed by atoms with Crippen LogP contribution in [0.15, 0.2) is 12.4 Å². The summed E-state index contributed by atoms with van der Waals surface area (Å²) in [7, 11) is 0. The first-order valence-electron chi connectivity index (χ1n) is 5.28. The molecule has 1 aromatic heterocycles. The van der Waals surface area contributed by atoms with Gasteiger partial charge < -0.3 is 15.6 Å². The Kier molecular flexibility index (Phi) is 5.47. The third-order valence-electron chi connectivity index (χ3n) is 2.00. The van der Waals surface area contributed by atoms with E-state index in [1.807, 2.05) is 6.92 Å². The number of carbonyl (C=O) groups excluding carboxylic acids is 1. The highest BCUT2D eigenvalue weighted by molar-refractivity contribution is 5.77. The fraction of sp³-hybridized carbons (Fsp3) is 0.600. The minimum Gasteiger partial charge on any atom is -0.355 e. The molecule has 0 fully saturated rings. The maximum atomic E-state index is 11.2. The zero-order valence-corrected chi connectivity index (χ0v) is 9.05. The lowest BCUT2D eigenvalue weighted by Crippen LogP contribution is -2.34. The first-order chi connectivity index (χ1) is 7.33. The third-order valence-corrected chi connectivity index (χ3v) is 2.00. The van der Waals surface area contributed by atoms with Crippen molar-refractivity contribution in [2.24, 2.45) is 0 Å². The maximum Gasteiger partial charge on any atom is 0.233 e. The molecule has 1 heterocycles. The van der Waals surface area contributed by atoms with E-state index in [-0.39, 0.29) is 5.91 Å². The van der Waals surface area contributed by atoms with Gasteiger partial charge in [0.2, 0.25) is 5.91 Å². The highest BCUT2D eigenvalue weighted by Crippen LogP contribution is 1.92. The van der Waals surface area contributed by atoms with Crippen molar-refractivity contribution < 1.29 is 4.79 Å². The molecular weight excluding hydrogens is 192 g/mol. The number of imidazole rings is 1. The Morgan fingerprint density at radius 2 is 2.47 bits per heavy atom. The second kappa shape index (κ2) is 7.00. The molecule has 3 N–H and O–H groups in total. The Hall–Kier alpha value is -1.36. The Labute approximate surface area is 89.7 Å². The number of hydrogen-bond acceptors (Lipinski definition) is 3. The van der Waals surface area contributed by atoms with E-state index in [2.05, 4.69) is 20.6 Å². The van der Waals surface area contributed by atoms with Crippen LogP contribution in [0.5, 0.6) is 0 Å². The largest absolute Gasteiger partial charge is 0.355 e. The van der Waals surface area contributed by atoms with Crippen molar-refractivity contribution >= 4 is 5.91 Å². The van der Waals surface area contributed by atoms with Gasteiger partial charge in [0.1, 0.15) is 5.82 Å². The molecule has 0 saturated heterocycles. The molecule has 15 heavy (non-hydrogen) atoms. The number of aromatic nitrogens is 2. The number of aryl methyl sites for hydroxylation is 1. The molecule has 84 valence electrons. The molecule has 1 rings (SSSR count). The number of nitrogens with zero attached hydrogens (tertiary/aromatic N) is 1. The van der Waals surface area contributed by atoms with Gasteiger partial charge in [-0.25, -0.2) is 4.98 Å². The number of amides is 1. The van der Waals surface area contributed by atoms with Crippen molar-refractivity contribution in [1.82, 2.24) is 20.6 Å². The zero-order valence-electron chi connectivity index (χ0n) is 9.05. The lowest BCUT2D eigenvalue weighted by molar-refractivity contribution is -0.120. The van der Waals surface area contributed by atoms with Crippen LogP contribution in [0.2, 0.25) is 0 Å². The number of carbonyl (C=O) groups is 1. The number of nitrogens with one attached hydrogen (secondary N) is 3. The SMILES string of the molecule is CCNCC(=O)NCCCc1ncc[nH]1. The summed E-state index contributed by atoms with van der Waals surface area (Å²) in [5.74, 6) is 1.02. The van der Waals surface area contributed by atoms with E-state index >= 15 is 0 Å². The number of aromatic amines is 1. The maximum absolute atomic E-state index is 11.2. The summed E-state index contributed by atoms with van der Waals surface area (Å²) in [6.07, 6.45) is 5.32. The van der Waals surface area contributed by atoms with E-state index in [9.17, 15) is 4.79 Å². The predicted molar refractivity (Wildman–Crippen MR) is 58.5 cm³/mol. The molecule has 0 atom stereocenters. The van der Waals surface area contributed by atoms with Crippen LogP contribution in [0.1, 0.15) is 19.2 Å². The van der Waals surface area contributed by atoms with Gasteiger partial charge in [-0.05, 0) is 13.0 Å². The molecule has 0 spiro atoms. The Balaban J connectivity index is 1.99. The Bertz CT molecular complexity index is 271. The average molecular weight is 210 g/mol. The van der Waals surface area contributed by atoms with Crippen LogP contribution in [0.4, 0.5) is 0 Å². The molecule has 0 radical (unpaired) electrons. The number of hydrogen-bond donors (Lipinski definition) is 3. The molecule has 0 aliphatic rings. The molecule has 1 amide bonds. The van der Waals surface area contributed by atoms with Gasteiger partial charge in [0.25, 0.3) is 0 Å². The van der Waals surface area contributed by atoms with Crippen molar-refractivity contribution in [3.63, 3.8) is 0 Å². The minimum atomic E-state index is 0.0521. The van der Waals surface area contributed by atoms with Gasteiger partial charge in [-0.1, -0.05) is 6.92 Å². The van der Waals surface area contributed by atoms with Gasteiger partial charge in [-0.3, -0.25) is 4.79 Å². The van der Waals surface area contributed by atoms with Crippen LogP contribution < -0.4 is 10.6 Å². The highest BCUT2D eigenvalue weighted by atomic mass is 16.1. The monoisotopic (exact) mass is 210 g/mol. The van der Waals surface area contributed by atoms with Gasteiger partial charge in [-0.15, -0.1) is 0 Å². The quantitative estimate of drug-likeness (QED) is 0.558. The van der Waals surface area contributed by atoms with Crippen LogP contribution in [0.3, 0.4) is 0 Å². The van der Waals surface area contributed by atoms with Crippen LogP contribution >= 0.6 is 0 Å². The smallest absolute Gasteiger partial charge is 0.233 e. The molecule has 0 bridgehead atoms. The molecule has 0 aromatic carbocycles. The summed E-state index contributed by atoms with van der Waals surface area (Å²) in [5.41, 5.74) is 0. The zero-order chi connectivity index (χ0) is 10.9. The summed E-state index contributed by atoms with van der Waals surface area (Å²) < 4.78 is 0. The lowest BCUT2D eigenvalue weighted by Gasteiger charge is -2.04. The van der Waals surface area contributed by atoms with Crippen LogP contribution in [0.25, 0.3) is 0 Å². The molecular formula is C10H18N4O. The predicted octanol–water partition coefficient (Wildman–Crippen LogP) is 0.0680. The van der Waals surface area contributed by atoms with E-state index in [1.165, 1.54) is 0 Å². The topological polar surface area (TPSA) is 69.8 Å². The third kappa shape index (κ3) is 5.17. The standard InChI is InChI=1S/C10H18N4O/c1-2-11-8-10(15)14-5-3-4-9-12-6-7-13-9/h6-7,11H,2-5,8H2,1H3,(H,12,13)(H,14,15). The van der Waals surface area contributed by atoms with Crippen LogP contribution in [-0.2, 0) is 11.2 Å². The number of rotatable bonds is 7. The Morgan fingerprint density at radius 1 is 1.60 bits per heavy atom. The molecule has 0 saturated carbocycles. The molecule has 1 aromatic rings. The van der Waals surface area contributed by atoms with Gasteiger partial charge in [0.15, 0.2) is 0 Å². The fourth-order valence-electron chi connectivity index (χ4n) is 1.22. The van der Waals surface area contributed by atoms with Gasteiger partial charge in [0, 0.05) is 25.4 Å². The van der Waals surface area contributed by atoms with Crippen LogP contribution in [-0.4, -0.2) is 35.5 Å². The van der Waals surface area contributed by atoms with Crippen molar-refractivity contribution in [1.29, 1.82) is 0 Å². The summed E-state index contributed by atoms with van der Waals surface area (Å²) in [5, 5.41) is 5.81. The molecule has 0 unspecified atom stereocenters. The van der Waals surface area contributed by atoms with Crippen molar-refractivity contribution in [2.45, 2.75) is 19.8 Å². The minimum absolute atomic E-state index is 0.0521. The second-order valence-corrected chi connectivity index (χ2v) is 3.27. The summed E-state index contributed by atoms with van der Waals surface area (Å²) in [4.78, 5) is 18.3. The van der Waals surface area contributed by atoms with Crippen molar-refractivity contribution in [3.8, 4) is 0 Å². The first-order valence-corrected chi connectivity index (χ1v) is 5.28. The van der Waals surface area contributed by atoms with Gasteiger partial charge in [0.05, 0.1) is 6.54 Å². The summed E-state index contributed by atoms with van der Waals surface area (Å²) >= 11 is 0. The summed E-state index contributed by atoms with van der Waals surface area (Å²) in [6.45, 7) is 3.90. The van der Waals surface area contributed by atoms with Gasteiger partial charge >= 0.3 is 0 Å². The normalized spacial score (nSPS) is 10.2. The molecule has 5 heteroatoms. The molecule has 0 aliphatic carbocycles. The molecule has 0 aliphatic heterocycles. The lowest BCUT2D eigenvalue weighted by atomic mass is 10.3.